The quantitative estimate of drug-likeness (QED) is 0.277. The molecular weight excluding hydrogens is 532 g/mol. The molecule has 10 nitrogen and oxygen atoms in total. The summed E-state index contributed by atoms with van der Waals surface area (Å²) >= 11 is 6.46. The molecule has 0 amide bonds. The lowest BCUT2D eigenvalue weighted by Crippen LogP contribution is -2.14. The van der Waals surface area contributed by atoms with Crippen molar-refractivity contribution >= 4 is 21.7 Å². The van der Waals surface area contributed by atoms with Crippen LogP contribution in [0.4, 0.5) is 0 Å². The molecule has 0 radical (unpaired) electrons. The Morgan fingerprint density at radius 2 is 1.92 bits per heavy atom. The molecule has 0 N–H and O–H groups in total. The van der Waals surface area contributed by atoms with Crippen molar-refractivity contribution in [2.75, 3.05) is 20.5 Å². The monoisotopic (exact) mass is 558 g/mol. The number of hydrogen-bond donors (Lipinski definition) is 0. The third kappa shape index (κ3) is 5.41. The summed E-state index contributed by atoms with van der Waals surface area (Å²) in [6.45, 7) is 0.302. The van der Waals surface area contributed by atoms with Crippen molar-refractivity contribution in [1.29, 1.82) is 0 Å². The lowest BCUT2D eigenvalue weighted by atomic mass is 9.98. The Kier molecular flexibility index (Phi) is 7.44. The van der Waals surface area contributed by atoms with Gasteiger partial charge < -0.3 is 18.8 Å². The molecule has 0 fully saturated rings. The molecule has 4 aromatic rings. The Labute approximate surface area is 225 Å². The van der Waals surface area contributed by atoms with Gasteiger partial charge in [-0.1, -0.05) is 28.9 Å². The van der Waals surface area contributed by atoms with Crippen LogP contribution in [0.25, 0.3) is 5.69 Å². The van der Waals surface area contributed by atoms with Crippen molar-refractivity contribution in [2.45, 2.75) is 31.8 Å². The van der Waals surface area contributed by atoms with Crippen LogP contribution in [0.5, 0.6) is 11.5 Å². The molecule has 0 saturated heterocycles. The number of nitrogens with zero attached hydrogens (tertiary/aromatic N) is 4. The first-order chi connectivity index (χ1) is 18.3. The molecule has 0 spiro atoms. The summed E-state index contributed by atoms with van der Waals surface area (Å²) in [5.74, 6) is 1.19. The van der Waals surface area contributed by atoms with Gasteiger partial charge in [0, 0.05) is 28.9 Å². The van der Waals surface area contributed by atoms with E-state index in [1.165, 1.54) is 0 Å². The van der Waals surface area contributed by atoms with Crippen molar-refractivity contribution in [3.05, 3.63) is 88.5 Å². The highest BCUT2D eigenvalue weighted by atomic mass is 35.5. The van der Waals surface area contributed by atoms with E-state index >= 15 is 0 Å². The van der Waals surface area contributed by atoms with E-state index in [4.69, 9.17) is 30.0 Å². The van der Waals surface area contributed by atoms with Gasteiger partial charge in [-0.15, -0.1) is 5.10 Å². The first-order valence-electron chi connectivity index (χ1n) is 11.8. The van der Waals surface area contributed by atoms with Gasteiger partial charge in [0.15, 0.2) is 11.5 Å². The second-order valence-electron chi connectivity index (χ2n) is 8.82. The molecule has 1 aliphatic heterocycles. The largest absolute Gasteiger partial charge is 0.493 e. The second kappa shape index (κ2) is 10.8. The zero-order chi connectivity index (χ0) is 26.9. The van der Waals surface area contributed by atoms with E-state index in [-0.39, 0.29) is 12.7 Å². The molecule has 2 aromatic heterocycles. The molecule has 2 atom stereocenters. The van der Waals surface area contributed by atoms with E-state index in [0.29, 0.717) is 35.2 Å². The summed E-state index contributed by atoms with van der Waals surface area (Å²) in [4.78, 5) is 0. The maximum atomic E-state index is 11.3. The van der Waals surface area contributed by atoms with Crippen LogP contribution in [0.1, 0.15) is 41.1 Å². The van der Waals surface area contributed by atoms with Crippen LogP contribution in [-0.4, -0.2) is 48.5 Å². The maximum absolute atomic E-state index is 11.3. The topological polar surface area (TPSA) is 107 Å². The van der Waals surface area contributed by atoms with Gasteiger partial charge in [0.05, 0.1) is 38.1 Å². The van der Waals surface area contributed by atoms with Gasteiger partial charge in [-0.05, 0) is 42.8 Å². The van der Waals surface area contributed by atoms with E-state index in [2.05, 4.69) is 14.9 Å². The van der Waals surface area contributed by atoms with Crippen LogP contribution in [-0.2, 0) is 32.2 Å². The minimum Gasteiger partial charge on any atom is -0.493 e. The van der Waals surface area contributed by atoms with Gasteiger partial charge in [0.1, 0.15) is 24.5 Å². The van der Waals surface area contributed by atoms with Crippen molar-refractivity contribution in [3.8, 4) is 17.2 Å². The highest BCUT2D eigenvalue weighted by Gasteiger charge is 2.33. The Bertz CT molecular complexity index is 1550. The van der Waals surface area contributed by atoms with Crippen molar-refractivity contribution in [3.63, 3.8) is 0 Å². The molecule has 0 unspecified atom stereocenters. The number of aromatic nitrogens is 4. The highest BCUT2D eigenvalue weighted by Crippen LogP contribution is 2.46. The Morgan fingerprint density at radius 3 is 2.68 bits per heavy atom. The average Bonchev–Trinajstić information content (AvgIpc) is 3.54. The molecule has 0 bridgehead atoms. The number of benzene rings is 2. The lowest BCUT2D eigenvalue weighted by molar-refractivity contribution is -0.00174. The summed E-state index contributed by atoms with van der Waals surface area (Å²) in [5, 5.41) is 8.73. The van der Waals surface area contributed by atoms with Crippen molar-refractivity contribution in [1.82, 2.24) is 19.6 Å². The number of halogens is 1. The average molecular weight is 559 g/mol. The van der Waals surface area contributed by atoms with Crippen LogP contribution in [0.15, 0.2) is 60.9 Å². The Hall–Kier alpha value is -3.38. The van der Waals surface area contributed by atoms with Gasteiger partial charge in [-0.3, -0.25) is 8.86 Å². The molecule has 5 rings (SSSR count). The first kappa shape index (κ1) is 26.2. The van der Waals surface area contributed by atoms with E-state index in [1.807, 2.05) is 54.7 Å². The van der Waals surface area contributed by atoms with Gasteiger partial charge in [-0.25, -0.2) is 0 Å². The number of para-hydroxylation sites is 1. The predicted molar refractivity (Wildman–Crippen MR) is 140 cm³/mol. The Morgan fingerprint density at radius 1 is 1.08 bits per heavy atom. The molecule has 1 aliphatic rings. The molecule has 2 aromatic carbocycles. The van der Waals surface area contributed by atoms with E-state index in [1.54, 1.807) is 25.1 Å². The Balaban J connectivity index is 1.50. The predicted octanol–water partition coefficient (Wildman–Crippen LogP) is 4.47. The number of ether oxygens (including phenoxy) is 3. The number of aryl methyl sites for hydroxylation is 1. The van der Waals surface area contributed by atoms with Gasteiger partial charge in [0.2, 0.25) is 0 Å². The van der Waals surface area contributed by atoms with Gasteiger partial charge >= 0.3 is 0 Å². The van der Waals surface area contributed by atoms with Crippen LogP contribution >= 0.6 is 11.6 Å². The lowest BCUT2D eigenvalue weighted by Gasteiger charge is -2.25. The second-order valence-corrected chi connectivity index (χ2v) is 10.9. The number of rotatable bonds is 9. The first-order valence-corrected chi connectivity index (χ1v) is 14.0. The summed E-state index contributed by atoms with van der Waals surface area (Å²) in [7, 11) is -0.370. The highest BCUT2D eigenvalue weighted by molar-refractivity contribution is 7.85. The zero-order valence-electron chi connectivity index (χ0n) is 21.1. The van der Waals surface area contributed by atoms with Crippen LogP contribution in [0.3, 0.4) is 0 Å². The molecule has 3 heterocycles. The normalized spacial score (nSPS) is 16.9. The van der Waals surface area contributed by atoms with Gasteiger partial charge in [0.25, 0.3) is 10.1 Å². The minimum absolute atomic E-state index is 0.171. The summed E-state index contributed by atoms with van der Waals surface area (Å²) < 4.78 is 49.3. The fourth-order valence-corrected chi connectivity index (χ4v) is 5.16. The fraction of sp³-hybridized carbons (Fsp3) is 0.308. The van der Waals surface area contributed by atoms with Crippen LogP contribution in [0, 0.1) is 0 Å². The van der Waals surface area contributed by atoms with E-state index < -0.39 is 16.2 Å². The molecule has 12 heteroatoms. The van der Waals surface area contributed by atoms with Crippen LogP contribution in [0.2, 0.25) is 5.02 Å². The van der Waals surface area contributed by atoms with Gasteiger partial charge in [-0.2, -0.15) is 8.42 Å². The third-order valence-electron chi connectivity index (χ3n) is 6.29. The summed E-state index contributed by atoms with van der Waals surface area (Å²) in [6, 6.07) is 15.5. The molecule has 0 aliphatic carbocycles. The molecule has 0 saturated carbocycles. The maximum Gasteiger partial charge on any atom is 0.264 e. The molecule has 200 valence electrons. The van der Waals surface area contributed by atoms with E-state index in [0.717, 1.165) is 28.8 Å². The number of methoxy groups -OCH3 is 2. The van der Waals surface area contributed by atoms with Crippen LogP contribution < -0.4 is 9.47 Å². The summed E-state index contributed by atoms with van der Waals surface area (Å²) in [6.07, 6.45) is 4.38. The smallest absolute Gasteiger partial charge is 0.264 e. The SMILES string of the molecule is COc1cccc([C@H]2O[C@H](CCn3cc(COS(C)(=O)=O)nn3)c3cccn3-c3ccc(Cl)cc32)c1OC. The van der Waals surface area contributed by atoms with Crippen molar-refractivity contribution < 1.29 is 26.8 Å². The minimum atomic E-state index is -3.57. The van der Waals surface area contributed by atoms with Crippen molar-refractivity contribution in [2.24, 2.45) is 0 Å². The number of hydrogen-bond acceptors (Lipinski definition) is 8. The van der Waals surface area contributed by atoms with E-state index in [9.17, 15) is 8.42 Å². The summed E-state index contributed by atoms with van der Waals surface area (Å²) in [5.41, 5.74) is 4.05. The standard InChI is InChI=1S/C26H27ClN4O6S/c1-34-24-8-4-6-19(26(24)35-2)25-20-14-17(27)9-10-21(20)31-12-5-7-22(31)23(37-25)11-13-30-15-18(28-29-30)16-36-38(3,32)33/h4-10,12,14-15,23,25H,11,13,16H2,1-3H3/t23-,25-/m1/s1. The fourth-order valence-electron chi connectivity index (χ4n) is 4.64. The third-order valence-corrected chi connectivity index (χ3v) is 7.07. The molecular formula is C26H27ClN4O6S. The molecule has 38 heavy (non-hydrogen) atoms. The number of fused-ring (bicyclic) bond motifs is 3. The zero-order valence-corrected chi connectivity index (χ0v) is 22.6.